The van der Waals surface area contributed by atoms with Crippen LogP contribution in [0.1, 0.15) is 43.2 Å². The molecule has 8 heterocycles. The van der Waals surface area contributed by atoms with Gasteiger partial charge in [0.15, 0.2) is 0 Å². The number of anilines is 1. The number of rotatable bonds is 9. The highest BCUT2D eigenvalue weighted by Crippen LogP contribution is 2.56. The second-order valence-corrected chi connectivity index (χ2v) is 12.8. The lowest BCUT2D eigenvalue weighted by molar-refractivity contribution is -0.00876. The van der Waals surface area contributed by atoms with E-state index in [1.807, 2.05) is 30.7 Å². The van der Waals surface area contributed by atoms with E-state index in [-0.39, 0.29) is 0 Å². The number of hydrogen-bond donors (Lipinski definition) is 0. The molecule has 10 nitrogen and oxygen atoms in total. The van der Waals surface area contributed by atoms with Gasteiger partial charge in [-0.1, -0.05) is 6.07 Å². The first-order chi connectivity index (χ1) is 21.6. The van der Waals surface area contributed by atoms with E-state index in [0.29, 0.717) is 41.5 Å². The topological polar surface area (TPSA) is 101 Å². The molecule has 9 rings (SSSR count). The third-order valence-electron chi connectivity index (χ3n) is 10.3. The maximum atomic E-state index is 9.81. The molecule has 4 aliphatic heterocycles. The summed E-state index contributed by atoms with van der Waals surface area (Å²) in [5, 5.41) is 14.3. The van der Waals surface area contributed by atoms with Crippen LogP contribution in [-0.4, -0.2) is 76.6 Å². The average molecular weight is 592 g/mol. The van der Waals surface area contributed by atoms with Gasteiger partial charge in [0.2, 0.25) is 5.88 Å². The van der Waals surface area contributed by atoms with Crippen LogP contribution in [0.15, 0.2) is 55.1 Å². The van der Waals surface area contributed by atoms with Crippen molar-refractivity contribution in [3.05, 3.63) is 66.2 Å². The van der Waals surface area contributed by atoms with E-state index in [9.17, 15) is 5.26 Å². The minimum absolute atomic E-state index is 0.398. The smallest absolute Gasteiger partial charge is 0.212 e. The SMILES string of the molecule is COc1ccc(CN2C3CC2CN(c2ccc(-c4cc(OCCC5CCOCC56CC6)cn5ncc(C#N)c45)cn2)C3)cn1. The highest BCUT2D eigenvalue weighted by molar-refractivity contribution is 5.85. The Labute approximate surface area is 257 Å². The van der Waals surface area contributed by atoms with Gasteiger partial charge in [-0.15, -0.1) is 0 Å². The molecule has 3 unspecified atom stereocenters. The van der Waals surface area contributed by atoms with Crippen molar-refractivity contribution in [1.29, 1.82) is 5.26 Å². The average Bonchev–Trinajstić information content (AvgIpc) is 3.72. The van der Waals surface area contributed by atoms with Crippen molar-refractivity contribution in [3.63, 3.8) is 0 Å². The van der Waals surface area contributed by atoms with Gasteiger partial charge in [0, 0.05) is 67.9 Å². The molecule has 0 aromatic carbocycles. The molecule has 2 bridgehead atoms. The summed E-state index contributed by atoms with van der Waals surface area (Å²) in [6.07, 6.45) is 13.3. The second-order valence-electron chi connectivity index (χ2n) is 12.8. The summed E-state index contributed by atoms with van der Waals surface area (Å²) >= 11 is 0. The van der Waals surface area contributed by atoms with Crippen LogP contribution in [0.25, 0.3) is 16.6 Å². The maximum absolute atomic E-state index is 9.81. The van der Waals surface area contributed by atoms with Crippen molar-refractivity contribution in [2.75, 3.05) is 44.9 Å². The normalized spacial score (nSPS) is 23.7. The molecule has 3 atom stereocenters. The summed E-state index contributed by atoms with van der Waals surface area (Å²) in [5.74, 6) is 3.05. The van der Waals surface area contributed by atoms with E-state index in [2.05, 4.69) is 44.2 Å². The Morgan fingerprint density at radius 1 is 1.09 bits per heavy atom. The van der Waals surface area contributed by atoms with E-state index in [0.717, 1.165) is 73.9 Å². The van der Waals surface area contributed by atoms with E-state index >= 15 is 0 Å². The predicted molar refractivity (Wildman–Crippen MR) is 165 cm³/mol. The number of methoxy groups -OCH3 is 1. The molecule has 5 aliphatic rings. The molecule has 226 valence electrons. The van der Waals surface area contributed by atoms with Gasteiger partial charge in [0.05, 0.1) is 43.8 Å². The number of piperazine rings is 1. The fraction of sp³-hybridized carbons (Fsp3) is 0.471. The number of pyridine rings is 3. The van der Waals surface area contributed by atoms with E-state index in [1.54, 1.807) is 17.8 Å². The van der Waals surface area contributed by atoms with Gasteiger partial charge in [-0.2, -0.15) is 10.4 Å². The Morgan fingerprint density at radius 2 is 1.98 bits per heavy atom. The summed E-state index contributed by atoms with van der Waals surface area (Å²) < 4.78 is 19.0. The van der Waals surface area contributed by atoms with Crippen LogP contribution in [0.4, 0.5) is 5.82 Å². The zero-order chi connectivity index (χ0) is 29.7. The minimum Gasteiger partial charge on any atom is -0.492 e. The molecular formula is C34H37N7O3. The molecule has 4 aromatic heterocycles. The number of ether oxygens (including phenoxy) is 3. The van der Waals surface area contributed by atoms with Crippen molar-refractivity contribution in [2.45, 2.75) is 50.7 Å². The Kier molecular flexibility index (Phi) is 6.88. The molecule has 0 radical (unpaired) electrons. The molecule has 4 aromatic rings. The Morgan fingerprint density at radius 3 is 2.70 bits per heavy atom. The molecule has 1 saturated carbocycles. The molecular weight excluding hydrogens is 554 g/mol. The Hall–Kier alpha value is -4.20. The summed E-state index contributed by atoms with van der Waals surface area (Å²) in [4.78, 5) is 14.2. The van der Waals surface area contributed by atoms with Crippen LogP contribution in [0.3, 0.4) is 0 Å². The Balaban J connectivity index is 0.963. The van der Waals surface area contributed by atoms with Gasteiger partial charge in [-0.3, -0.25) is 4.90 Å². The molecule has 0 amide bonds. The number of aromatic nitrogens is 4. The van der Waals surface area contributed by atoms with Crippen LogP contribution in [0, 0.1) is 22.7 Å². The van der Waals surface area contributed by atoms with Crippen LogP contribution >= 0.6 is 0 Å². The number of fused-ring (bicyclic) bond motifs is 3. The zero-order valence-electron chi connectivity index (χ0n) is 25.1. The lowest BCUT2D eigenvalue weighted by atomic mass is 9.83. The van der Waals surface area contributed by atoms with Gasteiger partial charge < -0.3 is 19.1 Å². The highest BCUT2D eigenvalue weighted by Gasteiger charge is 2.50. The number of nitriles is 1. The van der Waals surface area contributed by atoms with Gasteiger partial charge in [0.25, 0.3) is 0 Å². The fourth-order valence-electron chi connectivity index (χ4n) is 7.59. The molecule has 10 heteroatoms. The van der Waals surface area contributed by atoms with E-state index in [4.69, 9.17) is 19.2 Å². The fourth-order valence-corrected chi connectivity index (χ4v) is 7.59. The molecule has 5 fully saturated rings. The molecule has 0 N–H and O–H groups in total. The number of nitrogens with zero attached hydrogens (tertiary/aromatic N) is 7. The molecule has 1 spiro atoms. The summed E-state index contributed by atoms with van der Waals surface area (Å²) in [5.41, 5.74) is 4.77. The van der Waals surface area contributed by atoms with Crippen LogP contribution in [0.2, 0.25) is 0 Å². The second kappa shape index (κ2) is 11.1. The minimum atomic E-state index is 0.398. The van der Waals surface area contributed by atoms with Crippen LogP contribution < -0.4 is 14.4 Å². The monoisotopic (exact) mass is 591 g/mol. The first-order valence-electron chi connectivity index (χ1n) is 15.7. The van der Waals surface area contributed by atoms with Gasteiger partial charge in [0.1, 0.15) is 17.6 Å². The summed E-state index contributed by atoms with van der Waals surface area (Å²) in [6, 6.07) is 13.6. The van der Waals surface area contributed by atoms with Crippen molar-refractivity contribution < 1.29 is 14.2 Å². The lowest BCUT2D eigenvalue weighted by Crippen LogP contribution is -2.68. The van der Waals surface area contributed by atoms with E-state index < -0.39 is 0 Å². The largest absolute Gasteiger partial charge is 0.492 e. The number of hydrogen-bond acceptors (Lipinski definition) is 9. The van der Waals surface area contributed by atoms with Crippen LogP contribution in [0.5, 0.6) is 11.6 Å². The highest BCUT2D eigenvalue weighted by atomic mass is 16.5. The van der Waals surface area contributed by atoms with Crippen LogP contribution in [-0.2, 0) is 11.3 Å². The maximum Gasteiger partial charge on any atom is 0.212 e. The third-order valence-corrected chi connectivity index (χ3v) is 10.3. The molecule has 4 saturated heterocycles. The zero-order valence-corrected chi connectivity index (χ0v) is 25.1. The van der Waals surface area contributed by atoms with Crippen molar-refractivity contribution in [1.82, 2.24) is 24.5 Å². The van der Waals surface area contributed by atoms with Gasteiger partial charge in [-0.25, -0.2) is 14.5 Å². The number of piperidine rings is 1. The first-order valence-corrected chi connectivity index (χ1v) is 15.7. The third kappa shape index (κ3) is 4.94. The Bertz CT molecular complexity index is 1680. The summed E-state index contributed by atoms with van der Waals surface area (Å²) in [7, 11) is 1.64. The summed E-state index contributed by atoms with van der Waals surface area (Å²) in [6.45, 7) is 5.23. The van der Waals surface area contributed by atoms with Gasteiger partial charge >= 0.3 is 0 Å². The lowest BCUT2D eigenvalue weighted by Gasteiger charge is -2.56. The standard InChI is InChI=1S/C34H37N7O3/c1-42-32-5-2-23(15-37-32)18-40-27-12-28(40)20-39(19-27)31-4-3-24(16-36-31)30-13-29(21-41-33(30)25(14-35)17-38-41)44-11-7-26-6-10-43-22-34(26)8-9-34/h2-5,13,15-17,21,26-28H,6-12,18-20,22H2,1H3. The molecule has 44 heavy (non-hydrogen) atoms. The van der Waals surface area contributed by atoms with Gasteiger partial charge in [-0.05, 0) is 67.2 Å². The quantitative estimate of drug-likeness (QED) is 0.274. The predicted octanol–water partition coefficient (Wildman–Crippen LogP) is 4.72. The van der Waals surface area contributed by atoms with Crippen molar-refractivity contribution >= 4 is 11.3 Å². The van der Waals surface area contributed by atoms with Crippen molar-refractivity contribution in [3.8, 4) is 28.8 Å². The van der Waals surface area contributed by atoms with E-state index in [1.165, 1.54) is 24.8 Å². The molecule has 1 aliphatic carbocycles. The first kappa shape index (κ1) is 27.4. The van der Waals surface area contributed by atoms with Crippen molar-refractivity contribution in [2.24, 2.45) is 11.3 Å².